The van der Waals surface area contributed by atoms with Gasteiger partial charge in [-0.25, -0.2) is 4.79 Å². The van der Waals surface area contributed by atoms with E-state index in [0.29, 0.717) is 5.75 Å². The summed E-state index contributed by atoms with van der Waals surface area (Å²) in [7, 11) is 0. The second-order valence-corrected chi connectivity index (χ2v) is 4.62. The van der Waals surface area contributed by atoms with Crippen molar-refractivity contribution < 1.29 is 14.3 Å². The van der Waals surface area contributed by atoms with Crippen LogP contribution in [0.5, 0.6) is 5.75 Å². The number of aryl methyl sites for hydroxylation is 1. The number of hydrogen-bond donors (Lipinski definition) is 0. The first-order valence-corrected chi connectivity index (χ1v) is 6.23. The van der Waals surface area contributed by atoms with Gasteiger partial charge < -0.3 is 9.47 Å². The summed E-state index contributed by atoms with van der Waals surface area (Å²) in [6.45, 7) is 1.99. The summed E-state index contributed by atoms with van der Waals surface area (Å²) in [4.78, 5) is 11.9. The van der Waals surface area contributed by atoms with Gasteiger partial charge in [0.1, 0.15) is 11.9 Å². The SMILES string of the molecule is Cc1ccc(OC(=O)[C@H]2O[C@@H]2c2ccccc2)cc1. The average Bonchev–Trinajstić information content (AvgIpc) is 3.23. The predicted octanol–water partition coefficient (Wildman–Crippen LogP) is 3.04. The minimum Gasteiger partial charge on any atom is -0.425 e. The average molecular weight is 254 g/mol. The molecule has 2 aromatic rings. The van der Waals surface area contributed by atoms with Gasteiger partial charge in [0.2, 0.25) is 0 Å². The highest BCUT2D eigenvalue weighted by molar-refractivity contribution is 5.80. The molecule has 0 aliphatic carbocycles. The fourth-order valence-electron chi connectivity index (χ4n) is 1.97. The Morgan fingerprint density at radius 2 is 1.74 bits per heavy atom. The number of benzene rings is 2. The maximum absolute atomic E-state index is 11.9. The highest BCUT2D eigenvalue weighted by Crippen LogP contribution is 2.39. The fourth-order valence-corrected chi connectivity index (χ4v) is 1.97. The van der Waals surface area contributed by atoms with E-state index in [4.69, 9.17) is 9.47 Å². The zero-order chi connectivity index (χ0) is 13.2. The van der Waals surface area contributed by atoms with Gasteiger partial charge in [0, 0.05) is 0 Å². The molecular formula is C16H14O3. The second kappa shape index (κ2) is 4.86. The van der Waals surface area contributed by atoms with Crippen molar-refractivity contribution in [2.75, 3.05) is 0 Å². The van der Waals surface area contributed by atoms with Gasteiger partial charge in [-0.1, -0.05) is 48.0 Å². The Balaban J connectivity index is 1.63. The first-order valence-electron chi connectivity index (χ1n) is 6.23. The third-order valence-electron chi connectivity index (χ3n) is 3.09. The minimum absolute atomic E-state index is 0.167. The van der Waals surface area contributed by atoms with E-state index in [2.05, 4.69) is 0 Å². The van der Waals surface area contributed by atoms with E-state index < -0.39 is 6.10 Å². The van der Waals surface area contributed by atoms with Crippen LogP contribution in [0.2, 0.25) is 0 Å². The molecule has 0 unspecified atom stereocenters. The van der Waals surface area contributed by atoms with Crippen molar-refractivity contribution in [3.8, 4) is 5.75 Å². The largest absolute Gasteiger partial charge is 0.425 e. The Morgan fingerprint density at radius 1 is 1.05 bits per heavy atom. The second-order valence-electron chi connectivity index (χ2n) is 4.62. The summed E-state index contributed by atoms with van der Waals surface area (Å²) >= 11 is 0. The minimum atomic E-state index is -0.483. The van der Waals surface area contributed by atoms with E-state index in [0.717, 1.165) is 11.1 Å². The Labute approximate surface area is 111 Å². The van der Waals surface area contributed by atoms with Gasteiger partial charge >= 0.3 is 5.97 Å². The fraction of sp³-hybridized carbons (Fsp3) is 0.188. The van der Waals surface area contributed by atoms with Crippen molar-refractivity contribution in [2.24, 2.45) is 0 Å². The molecule has 0 N–H and O–H groups in total. The molecule has 19 heavy (non-hydrogen) atoms. The standard InChI is InChI=1S/C16H14O3/c1-11-7-9-13(10-8-11)18-16(17)15-14(19-15)12-5-3-2-4-6-12/h2-10,14-15H,1H3/t14-,15+/m1/s1. The van der Waals surface area contributed by atoms with Crippen LogP contribution in [-0.4, -0.2) is 12.1 Å². The number of epoxide rings is 1. The van der Waals surface area contributed by atoms with Crippen molar-refractivity contribution in [1.29, 1.82) is 0 Å². The van der Waals surface area contributed by atoms with Gasteiger partial charge in [-0.15, -0.1) is 0 Å². The third-order valence-corrected chi connectivity index (χ3v) is 3.09. The number of hydrogen-bond acceptors (Lipinski definition) is 3. The number of ether oxygens (including phenoxy) is 2. The summed E-state index contributed by atoms with van der Waals surface area (Å²) in [5.41, 5.74) is 2.14. The number of carbonyl (C=O) groups is 1. The first-order chi connectivity index (χ1) is 9.24. The molecule has 2 aromatic carbocycles. The molecule has 0 aromatic heterocycles. The molecule has 0 radical (unpaired) electrons. The molecule has 0 saturated carbocycles. The first kappa shape index (κ1) is 11.9. The maximum atomic E-state index is 11.9. The van der Waals surface area contributed by atoms with Crippen molar-refractivity contribution in [3.63, 3.8) is 0 Å². The normalized spacial score (nSPS) is 20.9. The Hall–Kier alpha value is -2.13. The molecule has 1 heterocycles. The molecule has 0 bridgehead atoms. The van der Waals surface area contributed by atoms with Crippen LogP contribution in [-0.2, 0) is 9.53 Å². The lowest BCUT2D eigenvalue weighted by Gasteiger charge is -2.02. The van der Waals surface area contributed by atoms with E-state index in [-0.39, 0.29) is 12.1 Å². The number of esters is 1. The molecule has 1 aliphatic heterocycles. The van der Waals surface area contributed by atoms with Crippen LogP contribution in [0.15, 0.2) is 54.6 Å². The Bertz CT molecular complexity index is 575. The van der Waals surface area contributed by atoms with Gasteiger partial charge in [0.05, 0.1) is 0 Å². The molecule has 3 rings (SSSR count). The van der Waals surface area contributed by atoms with E-state index >= 15 is 0 Å². The van der Waals surface area contributed by atoms with E-state index in [1.54, 1.807) is 12.1 Å². The van der Waals surface area contributed by atoms with Crippen molar-refractivity contribution in [3.05, 3.63) is 65.7 Å². The highest BCUT2D eigenvalue weighted by atomic mass is 16.6. The lowest BCUT2D eigenvalue weighted by Crippen LogP contribution is -2.15. The Kier molecular flexibility index (Phi) is 3.05. The van der Waals surface area contributed by atoms with E-state index in [1.807, 2.05) is 49.4 Å². The van der Waals surface area contributed by atoms with Crippen LogP contribution >= 0.6 is 0 Å². The molecule has 3 heteroatoms. The van der Waals surface area contributed by atoms with Crippen LogP contribution < -0.4 is 4.74 Å². The van der Waals surface area contributed by atoms with Crippen LogP contribution in [0, 0.1) is 6.92 Å². The molecule has 0 amide bonds. The summed E-state index contributed by atoms with van der Waals surface area (Å²) in [5, 5.41) is 0. The summed E-state index contributed by atoms with van der Waals surface area (Å²) in [6.07, 6.45) is -0.650. The predicted molar refractivity (Wildman–Crippen MR) is 70.9 cm³/mol. The topological polar surface area (TPSA) is 38.8 Å². The molecule has 1 fully saturated rings. The van der Waals surface area contributed by atoms with Gasteiger partial charge in [0.25, 0.3) is 0 Å². The smallest absolute Gasteiger partial charge is 0.343 e. The number of rotatable bonds is 3. The van der Waals surface area contributed by atoms with Crippen molar-refractivity contribution in [2.45, 2.75) is 19.1 Å². The summed E-state index contributed by atoms with van der Waals surface area (Å²) in [6, 6.07) is 17.1. The molecule has 3 nitrogen and oxygen atoms in total. The zero-order valence-electron chi connectivity index (χ0n) is 10.6. The monoisotopic (exact) mass is 254 g/mol. The number of carbonyl (C=O) groups excluding carboxylic acids is 1. The molecule has 2 atom stereocenters. The molecule has 0 spiro atoms. The molecular weight excluding hydrogens is 240 g/mol. The zero-order valence-corrected chi connectivity index (χ0v) is 10.6. The van der Waals surface area contributed by atoms with Crippen LogP contribution in [0.25, 0.3) is 0 Å². The quantitative estimate of drug-likeness (QED) is 0.480. The van der Waals surface area contributed by atoms with Gasteiger partial charge in [-0.2, -0.15) is 0 Å². The Morgan fingerprint density at radius 3 is 2.42 bits per heavy atom. The molecule has 96 valence electrons. The van der Waals surface area contributed by atoms with Crippen LogP contribution in [0.3, 0.4) is 0 Å². The van der Waals surface area contributed by atoms with Crippen LogP contribution in [0.4, 0.5) is 0 Å². The van der Waals surface area contributed by atoms with Crippen LogP contribution in [0.1, 0.15) is 17.2 Å². The van der Waals surface area contributed by atoms with Gasteiger partial charge in [-0.3, -0.25) is 0 Å². The lowest BCUT2D eigenvalue weighted by molar-refractivity contribution is -0.135. The maximum Gasteiger partial charge on any atom is 0.343 e. The third kappa shape index (κ3) is 2.66. The lowest BCUT2D eigenvalue weighted by atomic mass is 10.1. The van der Waals surface area contributed by atoms with E-state index in [1.165, 1.54) is 0 Å². The molecule has 1 saturated heterocycles. The van der Waals surface area contributed by atoms with Gasteiger partial charge in [0.15, 0.2) is 6.10 Å². The van der Waals surface area contributed by atoms with Crippen molar-refractivity contribution >= 4 is 5.97 Å². The summed E-state index contributed by atoms with van der Waals surface area (Å²) < 4.78 is 10.7. The van der Waals surface area contributed by atoms with E-state index in [9.17, 15) is 4.79 Å². The summed E-state index contributed by atoms with van der Waals surface area (Å²) in [5.74, 6) is 0.218. The van der Waals surface area contributed by atoms with Gasteiger partial charge in [-0.05, 0) is 24.6 Å². The highest BCUT2D eigenvalue weighted by Gasteiger charge is 2.47. The van der Waals surface area contributed by atoms with Crippen molar-refractivity contribution in [1.82, 2.24) is 0 Å². The molecule has 1 aliphatic rings.